The first kappa shape index (κ1) is 20.5. The van der Waals surface area contributed by atoms with Crippen LogP contribution in [-0.4, -0.2) is 34.6 Å². The van der Waals surface area contributed by atoms with Gasteiger partial charge in [0.05, 0.1) is 23.9 Å². The first-order valence-electron chi connectivity index (χ1n) is 9.61. The van der Waals surface area contributed by atoms with E-state index in [0.29, 0.717) is 6.61 Å². The fourth-order valence-electron chi connectivity index (χ4n) is 3.36. The molecule has 3 rings (SSSR count). The summed E-state index contributed by atoms with van der Waals surface area (Å²) in [7, 11) is 0. The van der Waals surface area contributed by atoms with Gasteiger partial charge in [-0.1, -0.05) is 36.5 Å². The maximum absolute atomic E-state index is 6.38. The molecule has 3 atom stereocenters. The Hall–Kier alpha value is -1.27. The van der Waals surface area contributed by atoms with E-state index in [9.17, 15) is 0 Å². The first-order valence-corrected chi connectivity index (χ1v) is 10.0. The minimum Gasteiger partial charge on any atom is -0.373 e. The smallest absolute Gasteiger partial charge is 0.137 e. The molecule has 1 fully saturated rings. The van der Waals surface area contributed by atoms with Crippen molar-refractivity contribution in [2.45, 2.75) is 77.6 Å². The molecule has 0 radical (unpaired) electrons. The van der Waals surface area contributed by atoms with Crippen LogP contribution in [0, 0.1) is 4.64 Å². The Morgan fingerprint density at radius 2 is 1.78 bits per heavy atom. The van der Waals surface area contributed by atoms with Crippen molar-refractivity contribution in [1.82, 2.24) is 4.57 Å². The van der Waals surface area contributed by atoms with Gasteiger partial charge >= 0.3 is 0 Å². The van der Waals surface area contributed by atoms with Gasteiger partial charge in [0.25, 0.3) is 0 Å². The van der Waals surface area contributed by atoms with E-state index in [2.05, 4.69) is 59.7 Å². The third-order valence-electron chi connectivity index (χ3n) is 4.52. The topological polar surface area (TPSA) is 32.6 Å². The van der Waals surface area contributed by atoms with Crippen molar-refractivity contribution in [3.63, 3.8) is 0 Å². The second-order valence-corrected chi connectivity index (χ2v) is 9.56. The van der Waals surface area contributed by atoms with Gasteiger partial charge in [-0.25, -0.2) is 0 Å². The van der Waals surface area contributed by atoms with Crippen molar-refractivity contribution in [3.8, 4) is 0 Å². The van der Waals surface area contributed by atoms with Gasteiger partial charge in [0, 0.05) is 18.0 Å². The van der Waals surface area contributed by atoms with Gasteiger partial charge in [-0.05, 0) is 53.0 Å². The molecule has 1 aliphatic rings. The third kappa shape index (κ3) is 5.17. The van der Waals surface area contributed by atoms with E-state index in [0.717, 1.165) is 21.8 Å². The van der Waals surface area contributed by atoms with E-state index in [1.165, 1.54) is 0 Å². The molecule has 1 aromatic heterocycles. The molecule has 1 unspecified atom stereocenters. The van der Waals surface area contributed by atoms with Crippen LogP contribution < -0.4 is 0 Å². The molecular formula is C22H31NO3S. The van der Waals surface area contributed by atoms with Crippen LogP contribution in [0.2, 0.25) is 0 Å². The molecule has 0 saturated carbocycles. The number of benzene rings is 1. The molecule has 148 valence electrons. The van der Waals surface area contributed by atoms with Crippen molar-refractivity contribution >= 4 is 23.0 Å². The zero-order valence-electron chi connectivity index (χ0n) is 17.2. The van der Waals surface area contributed by atoms with Crippen LogP contribution in [0.15, 0.2) is 36.5 Å². The predicted octanol–water partition coefficient (Wildman–Crippen LogP) is 5.66. The van der Waals surface area contributed by atoms with Gasteiger partial charge in [-0.15, -0.1) is 0 Å². The normalized spacial score (nSPS) is 23.9. The average molecular weight is 390 g/mol. The third-order valence-corrected chi connectivity index (χ3v) is 4.95. The molecule has 27 heavy (non-hydrogen) atoms. The Balaban J connectivity index is 1.86. The van der Waals surface area contributed by atoms with Gasteiger partial charge in [-0.2, -0.15) is 0 Å². The van der Waals surface area contributed by atoms with Gasteiger partial charge in [0.1, 0.15) is 17.0 Å². The van der Waals surface area contributed by atoms with Crippen molar-refractivity contribution in [2.75, 3.05) is 6.61 Å². The molecule has 5 heteroatoms. The Morgan fingerprint density at radius 1 is 1.07 bits per heavy atom. The van der Waals surface area contributed by atoms with Gasteiger partial charge in [0.15, 0.2) is 0 Å². The van der Waals surface area contributed by atoms with E-state index in [1.54, 1.807) is 0 Å². The Labute approximate surface area is 167 Å². The lowest BCUT2D eigenvalue weighted by Crippen LogP contribution is -2.37. The van der Waals surface area contributed by atoms with Crippen LogP contribution in [0.5, 0.6) is 0 Å². The highest BCUT2D eigenvalue weighted by atomic mass is 32.1. The number of nitrogens with zero attached hydrogens (tertiary/aromatic N) is 1. The van der Waals surface area contributed by atoms with Crippen LogP contribution in [0.25, 0.3) is 10.8 Å². The summed E-state index contributed by atoms with van der Waals surface area (Å²) in [6.45, 7) is 12.9. The molecular weight excluding hydrogens is 358 g/mol. The molecule has 0 amide bonds. The van der Waals surface area contributed by atoms with Crippen molar-refractivity contribution in [3.05, 3.63) is 41.2 Å². The molecule has 1 aliphatic heterocycles. The van der Waals surface area contributed by atoms with Crippen LogP contribution in [0.4, 0.5) is 0 Å². The predicted molar refractivity (Wildman–Crippen MR) is 112 cm³/mol. The standard InChI is InChI=1S/C22H31NO3S/c1-21(2,3)24-14-18-17(26-22(4,5)6)13-19(25-18)23-12-11-15-9-7-8-10-16(15)20(23)27/h7-12,17-19H,13-14H2,1-6H3/t17?,18-,19-/m1/s1. The summed E-state index contributed by atoms with van der Waals surface area (Å²) in [5.41, 5.74) is -0.458. The summed E-state index contributed by atoms with van der Waals surface area (Å²) in [5.74, 6) is 0. The van der Waals surface area contributed by atoms with E-state index in [-0.39, 0.29) is 29.6 Å². The highest BCUT2D eigenvalue weighted by Crippen LogP contribution is 2.35. The number of ether oxygens (including phenoxy) is 3. The fourth-order valence-corrected chi connectivity index (χ4v) is 3.73. The van der Waals surface area contributed by atoms with Crippen LogP contribution >= 0.6 is 12.2 Å². The van der Waals surface area contributed by atoms with E-state index in [4.69, 9.17) is 26.4 Å². The van der Waals surface area contributed by atoms with E-state index >= 15 is 0 Å². The number of pyridine rings is 1. The summed E-state index contributed by atoms with van der Waals surface area (Å²) in [5, 5.41) is 2.22. The summed E-state index contributed by atoms with van der Waals surface area (Å²) in [4.78, 5) is 0. The Morgan fingerprint density at radius 3 is 2.44 bits per heavy atom. The summed E-state index contributed by atoms with van der Waals surface area (Å²) < 4.78 is 21.5. The van der Waals surface area contributed by atoms with Gasteiger partial charge in [0.2, 0.25) is 0 Å². The van der Waals surface area contributed by atoms with Crippen LogP contribution in [0.3, 0.4) is 0 Å². The molecule has 2 heterocycles. The number of aromatic nitrogens is 1. The van der Waals surface area contributed by atoms with E-state index in [1.807, 2.05) is 22.9 Å². The molecule has 1 aromatic carbocycles. The van der Waals surface area contributed by atoms with Gasteiger partial charge in [-0.3, -0.25) is 0 Å². The second-order valence-electron chi connectivity index (χ2n) is 9.17. The lowest BCUT2D eigenvalue weighted by atomic mass is 10.1. The maximum Gasteiger partial charge on any atom is 0.137 e. The number of rotatable bonds is 4. The second kappa shape index (κ2) is 7.63. The molecule has 2 aromatic rings. The lowest BCUT2D eigenvalue weighted by Gasteiger charge is -2.29. The maximum atomic E-state index is 6.38. The first-order chi connectivity index (χ1) is 12.5. The summed E-state index contributed by atoms with van der Waals surface area (Å²) >= 11 is 5.75. The molecule has 1 saturated heterocycles. The van der Waals surface area contributed by atoms with Crippen LogP contribution in [0.1, 0.15) is 54.2 Å². The quantitative estimate of drug-likeness (QED) is 0.632. The minimum atomic E-state index is -0.242. The number of fused-ring (bicyclic) bond motifs is 1. The molecule has 0 aliphatic carbocycles. The SMILES string of the molecule is CC(C)(C)OC[C@H]1O[C@@H](n2ccc3ccccc3c2=S)CC1OC(C)(C)C. The van der Waals surface area contributed by atoms with Crippen LogP contribution in [-0.2, 0) is 14.2 Å². The molecule has 4 nitrogen and oxygen atoms in total. The van der Waals surface area contributed by atoms with Gasteiger partial charge < -0.3 is 18.8 Å². The number of hydrogen-bond donors (Lipinski definition) is 0. The highest BCUT2D eigenvalue weighted by Gasteiger charge is 2.39. The zero-order chi connectivity index (χ0) is 19.8. The largest absolute Gasteiger partial charge is 0.373 e. The molecule has 0 N–H and O–H groups in total. The average Bonchev–Trinajstić information content (AvgIpc) is 2.93. The monoisotopic (exact) mass is 389 g/mol. The lowest BCUT2D eigenvalue weighted by molar-refractivity contribution is -0.132. The Kier molecular flexibility index (Phi) is 5.78. The molecule has 0 spiro atoms. The van der Waals surface area contributed by atoms with Crippen molar-refractivity contribution in [1.29, 1.82) is 0 Å². The number of hydrogen-bond acceptors (Lipinski definition) is 4. The Bertz CT molecular complexity index is 847. The fraction of sp³-hybridized carbons (Fsp3) is 0.591. The van der Waals surface area contributed by atoms with Crippen molar-refractivity contribution < 1.29 is 14.2 Å². The summed E-state index contributed by atoms with van der Waals surface area (Å²) in [6.07, 6.45) is 2.47. The summed E-state index contributed by atoms with van der Waals surface area (Å²) in [6, 6.07) is 10.3. The minimum absolute atomic E-state index is 0.0364. The van der Waals surface area contributed by atoms with E-state index < -0.39 is 0 Å². The molecule has 0 bridgehead atoms. The highest BCUT2D eigenvalue weighted by molar-refractivity contribution is 7.71. The zero-order valence-corrected chi connectivity index (χ0v) is 18.0. The van der Waals surface area contributed by atoms with Crippen molar-refractivity contribution in [2.24, 2.45) is 0 Å².